The van der Waals surface area contributed by atoms with E-state index in [4.69, 9.17) is 20.8 Å². The molecule has 0 radical (unpaired) electrons. The molecule has 1 saturated heterocycles. The average molecular weight is 272 g/mol. The van der Waals surface area contributed by atoms with Crippen LogP contribution in [0.4, 0.5) is 0 Å². The Labute approximate surface area is 112 Å². The third-order valence-electron chi connectivity index (χ3n) is 2.92. The Balaban J connectivity index is 2.14. The topological polar surface area (TPSA) is 42.7 Å². The maximum Gasteiger partial charge on any atom is 0.257 e. The second-order valence-corrected chi connectivity index (χ2v) is 5.59. The van der Waals surface area contributed by atoms with E-state index in [0.717, 1.165) is 5.76 Å². The van der Waals surface area contributed by atoms with E-state index in [2.05, 4.69) is 0 Å². The summed E-state index contributed by atoms with van der Waals surface area (Å²) in [6, 6.07) is 1.75. The molecule has 0 spiro atoms. The molecule has 2 rings (SSSR count). The van der Waals surface area contributed by atoms with Crippen LogP contribution in [0.25, 0.3) is 0 Å². The molecule has 1 aromatic rings. The first-order valence-corrected chi connectivity index (χ1v) is 6.53. The number of carbonyl (C=O) groups is 1. The second-order valence-electron chi connectivity index (χ2n) is 5.29. The van der Waals surface area contributed by atoms with E-state index in [-0.39, 0.29) is 17.6 Å². The quantitative estimate of drug-likeness (QED) is 0.776. The molecule has 1 aliphatic heterocycles. The van der Waals surface area contributed by atoms with Crippen molar-refractivity contribution in [1.29, 1.82) is 0 Å². The van der Waals surface area contributed by atoms with E-state index in [9.17, 15) is 4.79 Å². The molecule has 2 heterocycles. The van der Waals surface area contributed by atoms with Gasteiger partial charge in [0.1, 0.15) is 12.0 Å². The lowest BCUT2D eigenvalue weighted by atomic mass is 10.0. The van der Waals surface area contributed by atoms with Gasteiger partial charge in [-0.25, -0.2) is 0 Å². The number of hydrogen-bond donors (Lipinski definition) is 0. The van der Waals surface area contributed by atoms with Crippen molar-refractivity contribution in [2.75, 3.05) is 19.0 Å². The van der Waals surface area contributed by atoms with Crippen LogP contribution in [0.3, 0.4) is 0 Å². The van der Waals surface area contributed by atoms with E-state index in [1.165, 1.54) is 6.26 Å². The molecule has 1 aliphatic rings. The summed E-state index contributed by atoms with van der Waals surface area (Å²) in [5.41, 5.74) is 0.213. The van der Waals surface area contributed by atoms with Crippen LogP contribution in [0.5, 0.6) is 0 Å². The third kappa shape index (κ3) is 2.87. The molecule has 1 fully saturated rings. The van der Waals surface area contributed by atoms with Gasteiger partial charge in [-0.1, -0.05) is 0 Å². The van der Waals surface area contributed by atoms with Crippen molar-refractivity contribution in [2.45, 2.75) is 32.5 Å². The van der Waals surface area contributed by atoms with Gasteiger partial charge in [-0.05, 0) is 26.8 Å². The first-order chi connectivity index (χ1) is 8.41. The number of ether oxygens (including phenoxy) is 1. The smallest absolute Gasteiger partial charge is 0.257 e. The van der Waals surface area contributed by atoms with Crippen molar-refractivity contribution in [3.63, 3.8) is 0 Å². The SMILES string of the molecule is Cc1cc(C(=O)N2CC(CCl)OC(C)(C)C2)co1. The molecule has 0 aliphatic carbocycles. The van der Waals surface area contributed by atoms with E-state index >= 15 is 0 Å². The zero-order chi connectivity index (χ0) is 13.3. The van der Waals surface area contributed by atoms with Crippen molar-refractivity contribution in [1.82, 2.24) is 4.90 Å². The molecule has 1 unspecified atom stereocenters. The number of nitrogens with zero attached hydrogens (tertiary/aromatic N) is 1. The molecular formula is C13H18ClNO3. The lowest BCUT2D eigenvalue weighted by Gasteiger charge is -2.42. The number of carbonyl (C=O) groups excluding carboxylic acids is 1. The molecule has 1 atom stereocenters. The minimum atomic E-state index is -0.369. The highest BCUT2D eigenvalue weighted by Gasteiger charge is 2.35. The van der Waals surface area contributed by atoms with Gasteiger partial charge in [-0.2, -0.15) is 0 Å². The van der Waals surface area contributed by atoms with Crippen molar-refractivity contribution >= 4 is 17.5 Å². The van der Waals surface area contributed by atoms with Crippen LogP contribution in [0.15, 0.2) is 16.7 Å². The Morgan fingerprint density at radius 2 is 2.33 bits per heavy atom. The van der Waals surface area contributed by atoms with Crippen molar-refractivity contribution in [3.8, 4) is 0 Å². The number of rotatable bonds is 2. The standard InChI is InChI=1S/C13H18ClNO3/c1-9-4-10(7-17-9)12(16)15-6-11(5-14)18-13(2,3)8-15/h4,7,11H,5-6,8H2,1-3H3. The predicted octanol–water partition coefficient (Wildman–Crippen LogP) is 2.45. The van der Waals surface area contributed by atoms with Crippen LogP contribution in [0.2, 0.25) is 0 Å². The molecular weight excluding hydrogens is 254 g/mol. The van der Waals surface area contributed by atoms with Crippen molar-refractivity contribution in [3.05, 3.63) is 23.7 Å². The Bertz CT molecular complexity index is 441. The van der Waals surface area contributed by atoms with E-state index in [1.54, 1.807) is 11.0 Å². The molecule has 18 heavy (non-hydrogen) atoms. The number of halogens is 1. The highest BCUT2D eigenvalue weighted by molar-refractivity contribution is 6.18. The Hall–Kier alpha value is -1.00. The minimum absolute atomic E-state index is 0.0293. The monoisotopic (exact) mass is 271 g/mol. The average Bonchev–Trinajstić information content (AvgIpc) is 2.72. The lowest BCUT2D eigenvalue weighted by molar-refractivity contribution is -0.117. The zero-order valence-corrected chi connectivity index (χ0v) is 11.7. The molecule has 0 aromatic carbocycles. The zero-order valence-electron chi connectivity index (χ0n) is 10.9. The van der Waals surface area contributed by atoms with Crippen LogP contribution < -0.4 is 0 Å². The molecule has 0 saturated carbocycles. The van der Waals surface area contributed by atoms with Gasteiger partial charge in [0.15, 0.2) is 0 Å². The number of amides is 1. The van der Waals surface area contributed by atoms with E-state index < -0.39 is 0 Å². The second kappa shape index (κ2) is 4.94. The van der Waals surface area contributed by atoms with Crippen molar-refractivity contribution in [2.24, 2.45) is 0 Å². The fourth-order valence-corrected chi connectivity index (χ4v) is 2.43. The minimum Gasteiger partial charge on any atom is -0.469 e. The lowest BCUT2D eigenvalue weighted by Crippen LogP contribution is -2.55. The molecule has 1 aromatic heterocycles. The van der Waals surface area contributed by atoms with Gasteiger partial charge in [0, 0.05) is 13.1 Å². The first kappa shape index (κ1) is 13.4. The molecule has 5 heteroatoms. The summed E-state index contributed by atoms with van der Waals surface area (Å²) < 4.78 is 11.0. The van der Waals surface area contributed by atoms with Gasteiger partial charge >= 0.3 is 0 Å². The van der Waals surface area contributed by atoms with Gasteiger partial charge in [0.2, 0.25) is 0 Å². The molecule has 0 N–H and O–H groups in total. The number of furan rings is 1. The van der Waals surface area contributed by atoms with E-state index in [0.29, 0.717) is 24.5 Å². The summed E-state index contributed by atoms with van der Waals surface area (Å²) >= 11 is 5.85. The molecule has 1 amide bonds. The number of hydrogen-bond acceptors (Lipinski definition) is 3. The van der Waals surface area contributed by atoms with Gasteiger partial charge in [-0.3, -0.25) is 4.79 Å². The van der Waals surface area contributed by atoms with Crippen molar-refractivity contribution < 1.29 is 13.9 Å². The number of alkyl halides is 1. The van der Waals surface area contributed by atoms with Crippen LogP contribution in [0, 0.1) is 6.92 Å². The molecule has 100 valence electrons. The van der Waals surface area contributed by atoms with Gasteiger partial charge < -0.3 is 14.1 Å². The first-order valence-electron chi connectivity index (χ1n) is 5.99. The summed E-state index contributed by atoms with van der Waals surface area (Å²) in [7, 11) is 0. The third-order valence-corrected chi connectivity index (χ3v) is 3.26. The van der Waals surface area contributed by atoms with E-state index in [1.807, 2.05) is 20.8 Å². The van der Waals surface area contributed by atoms with Gasteiger partial charge in [0.05, 0.1) is 23.1 Å². The molecule has 4 nitrogen and oxygen atoms in total. The summed E-state index contributed by atoms with van der Waals surface area (Å²) in [6.45, 7) is 6.83. The highest BCUT2D eigenvalue weighted by atomic mass is 35.5. The number of aryl methyl sites for hydroxylation is 1. The Morgan fingerprint density at radius 3 is 2.89 bits per heavy atom. The largest absolute Gasteiger partial charge is 0.469 e. The summed E-state index contributed by atoms with van der Waals surface area (Å²) in [5, 5.41) is 0. The maximum absolute atomic E-state index is 12.3. The van der Waals surface area contributed by atoms with Crippen LogP contribution in [-0.4, -0.2) is 41.5 Å². The highest BCUT2D eigenvalue weighted by Crippen LogP contribution is 2.23. The summed E-state index contributed by atoms with van der Waals surface area (Å²) in [4.78, 5) is 14.1. The fourth-order valence-electron chi connectivity index (χ4n) is 2.27. The van der Waals surface area contributed by atoms with Gasteiger partial charge in [0.25, 0.3) is 5.91 Å². The van der Waals surface area contributed by atoms with Crippen LogP contribution >= 0.6 is 11.6 Å². The Morgan fingerprint density at radius 1 is 1.61 bits per heavy atom. The van der Waals surface area contributed by atoms with Crippen LogP contribution in [-0.2, 0) is 4.74 Å². The summed E-state index contributed by atoms with van der Waals surface area (Å²) in [5.74, 6) is 1.09. The summed E-state index contributed by atoms with van der Waals surface area (Å²) in [6.07, 6.45) is 1.38. The van der Waals surface area contributed by atoms with Gasteiger partial charge in [-0.15, -0.1) is 11.6 Å². The number of morpholine rings is 1. The predicted molar refractivity (Wildman–Crippen MR) is 69.0 cm³/mol. The van der Waals surface area contributed by atoms with Crippen LogP contribution in [0.1, 0.15) is 30.0 Å². The fraction of sp³-hybridized carbons (Fsp3) is 0.615. The maximum atomic E-state index is 12.3. The Kier molecular flexibility index (Phi) is 3.69. The normalized spacial score (nSPS) is 23.1. The molecule has 0 bridgehead atoms.